The number of nitrogens with two attached hydrogens (primary N) is 1. The molecular weight excluding hydrogens is 234 g/mol. The Morgan fingerprint density at radius 1 is 1.41 bits per heavy atom. The second-order valence-electron chi connectivity index (χ2n) is 3.64. The van der Waals surface area contributed by atoms with Gasteiger partial charge in [-0.25, -0.2) is 0 Å². The van der Waals surface area contributed by atoms with E-state index in [1.165, 1.54) is 6.92 Å². The summed E-state index contributed by atoms with van der Waals surface area (Å²) in [6, 6.07) is 7.52. The Labute approximate surface area is 106 Å². The van der Waals surface area contributed by atoms with Gasteiger partial charge in [-0.3, -0.25) is 9.79 Å². The normalized spacial score (nSPS) is 13.2. The van der Waals surface area contributed by atoms with Gasteiger partial charge in [-0.05, 0) is 25.3 Å². The molecule has 0 bridgehead atoms. The maximum Gasteiger partial charge on any atom is 0.218 e. The molecule has 0 spiro atoms. The maximum absolute atomic E-state index is 10.9. The fourth-order valence-corrected chi connectivity index (χ4v) is 2.01. The molecule has 1 unspecified atom stereocenters. The zero-order chi connectivity index (χ0) is 12.8. The standard InChI is InChI=1S/C12H17N3OS/c1-8(14-9(2)16)15-12(17-3)10-4-6-11(13)7-5-10/h4-8H,13H2,1-3H3,(H,14,16). The largest absolute Gasteiger partial charge is 0.399 e. The van der Waals surface area contributed by atoms with Crippen LogP contribution in [0.1, 0.15) is 19.4 Å². The summed E-state index contributed by atoms with van der Waals surface area (Å²) >= 11 is 1.54. The number of hydrogen-bond donors (Lipinski definition) is 2. The Bertz CT molecular complexity index is 414. The Kier molecular flexibility index (Phi) is 5.03. The van der Waals surface area contributed by atoms with Gasteiger partial charge in [0.2, 0.25) is 5.91 Å². The number of rotatable bonds is 3. The number of benzene rings is 1. The van der Waals surface area contributed by atoms with Crippen molar-refractivity contribution in [1.29, 1.82) is 0 Å². The van der Waals surface area contributed by atoms with Crippen LogP contribution >= 0.6 is 11.8 Å². The smallest absolute Gasteiger partial charge is 0.218 e. The molecule has 0 radical (unpaired) electrons. The predicted molar refractivity (Wildman–Crippen MR) is 74.2 cm³/mol. The summed E-state index contributed by atoms with van der Waals surface area (Å²) in [5.74, 6) is -0.0843. The molecule has 17 heavy (non-hydrogen) atoms. The molecule has 0 heterocycles. The minimum Gasteiger partial charge on any atom is -0.399 e. The van der Waals surface area contributed by atoms with E-state index in [1.807, 2.05) is 37.4 Å². The van der Waals surface area contributed by atoms with Crippen molar-refractivity contribution in [2.45, 2.75) is 20.0 Å². The minimum atomic E-state index is -0.229. The van der Waals surface area contributed by atoms with Crippen molar-refractivity contribution in [2.75, 3.05) is 12.0 Å². The number of carbonyl (C=O) groups is 1. The number of carbonyl (C=O) groups excluding carboxylic acids is 1. The zero-order valence-electron chi connectivity index (χ0n) is 10.2. The van der Waals surface area contributed by atoms with Crippen LogP contribution in [0.25, 0.3) is 0 Å². The van der Waals surface area contributed by atoms with Gasteiger partial charge in [0.05, 0.1) is 5.04 Å². The molecule has 92 valence electrons. The lowest BCUT2D eigenvalue weighted by molar-refractivity contribution is -0.119. The first-order valence-electron chi connectivity index (χ1n) is 5.27. The number of hydrogen-bond acceptors (Lipinski definition) is 4. The number of nitrogens with zero attached hydrogens (tertiary/aromatic N) is 1. The van der Waals surface area contributed by atoms with Crippen molar-refractivity contribution < 1.29 is 4.79 Å². The van der Waals surface area contributed by atoms with Gasteiger partial charge in [-0.1, -0.05) is 12.1 Å². The average Bonchev–Trinajstić information content (AvgIpc) is 2.26. The van der Waals surface area contributed by atoms with Crippen LogP contribution < -0.4 is 11.1 Å². The van der Waals surface area contributed by atoms with Crippen molar-refractivity contribution in [3.8, 4) is 0 Å². The summed E-state index contributed by atoms with van der Waals surface area (Å²) in [4.78, 5) is 15.3. The topological polar surface area (TPSA) is 67.5 Å². The summed E-state index contributed by atoms with van der Waals surface area (Å²) < 4.78 is 0. The van der Waals surface area contributed by atoms with Crippen LogP contribution in [0.2, 0.25) is 0 Å². The summed E-state index contributed by atoms with van der Waals surface area (Å²) in [6.45, 7) is 3.32. The molecule has 0 aliphatic rings. The average molecular weight is 251 g/mol. The molecule has 0 fully saturated rings. The highest BCUT2D eigenvalue weighted by Gasteiger charge is 2.05. The Morgan fingerprint density at radius 3 is 2.47 bits per heavy atom. The van der Waals surface area contributed by atoms with Crippen LogP contribution in [-0.4, -0.2) is 23.4 Å². The fourth-order valence-electron chi connectivity index (χ4n) is 1.37. The van der Waals surface area contributed by atoms with Gasteiger partial charge < -0.3 is 11.1 Å². The molecule has 1 rings (SSSR count). The number of aliphatic imine (C=N–C) groups is 1. The van der Waals surface area contributed by atoms with E-state index < -0.39 is 0 Å². The molecule has 0 aromatic heterocycles. The first-order chi connectivity index (χ1) is 8.02. The van der Waals surface area contributed by atoms with Crippen molar-refractivity contribution >= 4 is 28.4 Å². The molecule has 4 nitrogen and oxygen atoms in total. The van der Waals surface area contributed by atoms with E-state index in [-0.39, 0.29) is 12.1 Å². The molecule has 1 amide bonds. The van der Waals surface area contributed by atoms with E-state index in [1.54, 1.807) is 11.8 Å². The van der Waals surface area contributed by atoms with Gasteiger partial charge in [0, 0.05) is 18.2 Å². The third kappa shape index (κ3) is 4.48. The number of amides is 1. The quantitative estimate of drug-likeness (QED) is 0.489. The minimum absolute atomic E-state index is 0.0843. The third-order valence-electron chi connectivity index (χ3n) is 2.07. The lowest BCUT2D eigenvalue weighted by Gasteiger charge is -2.10. The highest BCUT2D eigenvalue weighted by Crippen LogP contribution is 2.14. The van der Waals surface area contributed by atoms with Crippen molar-refractivity contribution in [3.05, 3.63) is 29.8 Å². The van der Waals surface area contributed by atoms with Crippen LogP contribution in [0, 0.1) is 0 Å². The van der Waals surface area contributed by atoms with Gasteiger partial charge in [-0.2, -0.15) is 0 Å². The SMILES string of the molecule is CSC(=NC(C)NC(C)=O)c1ccc(N)cc1. The van der Waals surface area contributed by atoms with E-state index in [0.29, 0.717) is 0 Å². The van der Waals surface area contributed by atoms with E-state index in [4.69, 9.17) is 5.73 Å². The Morgan fingerprint density at radius 2 is 2.00 bits per heavy atom. The van der Waals surface area contributed by atoms with Crippen LogP contribution in [-0.2, 0) is 4.79 Å². The molecule has 1 atom stereocenters. The first-order valence-corrected chi connectivity index (χ1v) is 6.50. The molecular formula is C12H17N3OS. The number of anilines is 1. The van der Waals surface area contributed by atoms with Crippen molar-refractivity contribution in [2.24, 2.45) is 4.99 Å². The van der Waals surface area contributed by atoms with E-state index in [9.17, 15) is 4.79 Å². The van der Waals surface area contributed by atoms with Crippen molar-refractivity contribution in [1.82, 2.24) is 5.32 Å². The Balaban J connectivity index is 2.87. The molecule has 1 aromatic carbocycles. The highest BCUT2D eigenvalue weighted by atomic mass is 32.2. The summed E-state index contributed by atoms with van der Waals surface area (Å²) in [6.07, 6.45) is 1.72. The Hall–Kier alpha value is -1.49. The second kappa shape index (κ2) is 6.30. The van der Waals surface area contributed by atoms with Crippen LogP contribution in [0.5, 0.6) is 0 Å². The molecule has 0 saturated heterocycles. The van der Waals surface area contributed by atoms with Gasteiger partial charge in [0.15, 0.2) is 0 Å². The van der Waals surface area contributed by atoms with Crippen LogP contribution in [0.15, 0.2) is 29.3 Å². The second-order valence-corrected chi connectivity index (χ2v) is 4.43. The van der Waals surface area contributed by atoms with E-state index in [0.717, 1.165) is 16.3 Å². The van der Waals surface area contributed by atoms with Gasteiger partial charge in [-0.15, -0.1) is 11.8 Å². The molecule has 0 aliphatic heterocycles. The van der Waals surface area contributed by atoms with Gasteiger partial charge in [0.25, 0.3) is 0 Å². The number of nitrogen functional groups attached to an aromatic ring is 1. The van der Waals surface area contributed by atoms with Crippen molar-refractivity contribution in [3.63, 3.8) is 0 Å². The van der Waals surface area contributed by atoms with Gasteiger partial charge >= 0.3 is 0 Å². The predicted octanol–water partition coefficient (Wildman–Crippen LogP) is 1.86. The molecule has 5 heteroatoms. The van der Waals surface area contributed by atoms with Gasteiger partial charge in [0.1, 0.15) is 6.17 Å². The summed E-state index contributed by atoms with van der Waals surface area (Å²) in [5.41, 5.74) is 7.36. The maximum atomic E-state index is 10.9. The lowest BCUT2D eigenvalue weighted by atomic mass is 10.2. The highest BCUT2D eigenvalue weighted by molar-refractivity contribution is 8.13. The number of nitrogens with one attached hydrogen (secondary N) is 1. The molecule has 0 aliphatic carbocycles. The van der Waals surface area contributed by atoms with E-state index >= 15 is 0 Å². The summed E-state index contributed by atoms with van der Waals surface area (Å²) in [5, 5.41) is 3.61. The lowest BCUT2D eigenvalue weighted by Crippen LogP contribution is -2.29. The van der Waals surface area contributed by atoms with E-state index in [2.05, 4.69) is 10.3 Å². The molecule has 1 aromatic rings. The van der Waals surface area contributed by atoms with Crippen LogP contribution in [0.3, 0.4) is 0 Å². The zero-order valence-corrected chi connectivity index (χ0v) is 11.0. The number of thioether (sulfide) groups is 1. The monoisotopic (exact) mass is 251 g/mol. The molecule has 0 saturated carbocycles. The van der Waals surface area contributed by atoms with Crippen LogP contribution in [0.4, 0.5) is 5.69 Å². The molecule has 3 N–H and O–H groups in total. The summed E-state index contributed by atoms with van der Waals surface area (Å²) in [7, 11) is 0. The fraction of sp³-hybridized carbons (Fsp3) is 0.333. The first kappa shape index (κ1) is 13.6. The third-order valence-corrected chi connectivity index (χ3v) is 2.80.